The van der Waals surface area contributed by atoms with Crippen LogP contribution in [0.25, 0.3) is 121 Å². The Bertz CT molecular complexity index is 2890. The Balaban J connectivity index is 1.28. The number of benzene rings is 10. The Morgan fingerprint density at radius 3 is 0.860 bits per heavy atom. The van der Waals surface area contributed by atoms with E-state index in [-0.39, 0.29) is 0 Å². The summed E-state index contributed by atoms with van der Waals surface area (Å²) in [6, 6.07) is 63.9. The van der Waals surface area contributed by atoms with E-state index in [0.29, 0.717) is 0 Å². The first-order valence-electron chi connectivity index (χ1n) is 17.5. The maximum absolute atomic E-state index is 2.50. The lowest BCUT2D eigenvalue weighted by Crippen LogP contribution is -1.91. The van der Waals surface area contributed by atoms with E-state index in [9.17, 15) is 0 Å². The first-order valence-corrected chi connectivity index (χ1v) is 17.5. The van der Waals surface area contributed by atoms with Gasteiger partial charge in [0, 0.05) is 0 Å². The number of hydrogen-bond donors (Lipinski definition) is 0. The lowest BCUT2D eigenvalue weighted by atomic mass is 9.85. The molecule has 0 atom stereocenters. The molecule has 0 nitrogen and oxygen atoms in total. The molecule has 50 heavy (non-hydrogen) atoms. The van der Waals surface area contributed by atoms with Crippen LogP contribution in [0.3, 0.4) is 0 Å². The zero-order valence-electron chi connectivity index (χ0n) is 27.2. The van der Waals surface area contributed by atoms with E-state index in [2.05, 4.69) is 170 Å². The van der Waals surface area contributed by atoms with E-state index in [1.165, 1.54) is 121 Å². The second kappa shape index (κ2) is 9.56. The fourth-order valence-corrected chi connectivity index (χ4v) is 9.32. The molecule has 0 unspecified atom stereocenters. The van der Waals surface area contributed by atoms with E-state index in [4.69, 9.17) is 0 Å². The van der Waals surface area contributed by atoms with E-state index in [1.807, 2.05) is 0 Å². The van der Waals surface area contributed by atoms with Gasteiger partial charge in [-0.3, -0.25) is 0 Å². The summed E-state index contributed by atoms with van der Waals surface area (Å²) in [4.78, 5) is 0. The van der Waals surface area contributed by atoms with Crippen LogP contribution in [-0.4, -0.2) is 0 Å². The average Bonchev–Trinajstić information content (AvgIpc) is 3.67. The quantitative estimate of drug-likeness (QED) is 0.167. The monoisotopic (exact) mass is 628 g/mol. The topological polar surface area (TPSA) is 0 Å². The standard InChI is InChI=1S/C50H28/c1-3-11-29(12-4-1)37-23-45-46(47-27-41-35-21-9-17-31-15-7-19-33(49(31)35)39(41)25-43(37)47)24-38(30-13-5-2-6-14-30)44-26-40-34-20-8-16-32-18-10-22-36(50(32)34)42(40)28-48(44)45/h1-28H. The fraction of sp³-hybridized carbons (Fsp3) is 0. The van der Waals surface area contributed by atoms with E-state index >= 15 is 0 Å². The van der Waals surface area contributed by atoms with Crippen LogP contribution >= 0.6 is 0 Å². The minimum Gasteiger partial charge on any atom is -0.0622 e. The molecule has 0 saturated carbocycles. The SMILES string of the molecule is c1ccc(-c2cc3c4cc5c(cc4c(-c4ccccc4)cc3c3cc4c(cc23)-c2cccc3cccc-4c23)-c2cccc3cccc-5c23)cc1. The van der Waals surface area contributed by atoms with Gasteiger partial charge in [0.05, 0.1) is 0 Å². The van der Waals surface area contributed by atoms with Crippen LogP contribution in [0.4, 0.5) is 0 Å². The van der Waals surface area contributed by atoms with Crippen molar-refractivity contribution in [3.05, 3.63) is 170 Å². The van der Waals surface area contributed by atoms with Gasteiger partial charge < -0.3 is 0 Å². The molecule has 0 aliphatic heterocycles. The normalized spacial score (nSPS) is 12.4. The first kappa shape index (κ1) is 26.5. The second-order valence-corrected chi connectivity index (χ2v) is 14.0. The molecule has 0 bridgehead atoms. The van der Waals surface area contributed by atoms with Crippen molar-refractivity contribution in [1.29, 1.82) is 0 Å². The third-order valence-corrected chi connectivity index (χ3v) is 11.5. The summed E-state index contributed by atoms with van der Waals surface area (Å²) in [5.41, 5.74) is 15.7. The second-order valence-electron chi connectivity index (χ2n) is 14.0. The summed E-state index contributed by atoms with van der Waals surface area (Å²) >= 11 is 0. The van der Waals surface area contributed by atoms with E-state index in [0.717, 1.165) is 0 Å². The number of rotatable bonds is 2. The molecule has 0 saturated heterocycles. The smallest absolute Gasteiger partial charge is 0.00264 e. The van der Waals surface area contributed by atoms with E-state index in [1.54, 1.807) is 0 Å². The summed E-state index contributed by atoms with van der Waals surface area (Å²) < 4.78 is 0. The van der Waals surface area contributed by atoms with Gasteiger partial charge in [0.25, 0.3) is 0 Å². The highest BCUT2D eigenvalue weighted by molar-refractivity contribution is 6.29. The molecule has 2 aliphatic rings. The van der Waals surface area contributed by atoms with Gasteiger partial charge in [-0.15, -0.1) is 0 Å². The predicted molar refractivity (Wildman–Crippen MR) is 214 cm³/mol. The van der Waals surface area contributed by atoms with Gasteiger partial charge in [0.1, 0.15) is 0 Å². The maximum atomic E-state index is 2.50. The van der Waals surface area contributed by atoms with Crippen LogP contribution in [0.5, 0.6) is 0 Å². The molecule has 0 N–H and O–H groups in total. The highest BCUT2D eigenvalue weighted by Crippen LogP contribution is 2.53. The van der Waals surface area contributed by atoms with Gasteiger partial charge in [-0.2, -0.15) is 0 Å². The molecule has 10 aromatic carbocycles. The molecular formula is C50H28. The molecule has 2 aliphatic carbocycles. The summed E-state index contributed by atoms with van der Waals surface area (Å²) in [5.74, 6) is 0. The van der Waals surface area contributed by atoms with Crippen molar-refractivity contribution < 1.29 is 0 Å². The Labute approximate surface area is 289 Å². The average molecular weight is 629 g/mol. The van der Waals surface area contributed by atoms with Crippen molar-refractivity contribution in [2.75, 3.05) is 0 Å². The highest BCUT2D eigenvalue weighted by atomic mass is 14.3. The van der Waals surface area contributed by atoms with Crippen molar-refractivity contribution in [3.8, 4) is 66.8 Å². The third-order valence-electron chi connectivity index (χ3n) is 11.5. The Hall–Kier alpha value is -6.50. The lowest BCUT2D eigenvalue weighted by Gasteiger charge is -2.18. The van der Waals surface area contributed by atoms with Crippen LogP contribution in [-0.2, 0) is 0 Å². The fourth-order valence-electron chi connectivity index (χ4n) is 9.32. The van der Waals surface area contributed by atoms with Crippen LogP contribution in [0.2, 0.25) is 0 Å². The van der Waals surface area contributed by atoms with Crippen molar-refractivity contribution >= 4 is 53.9 Å². The Morgan fingerprint density at radius 1 is 0.200 bits per heavy atom. The van der Waals surface area contributed by atoms with Gasteiger partial charge in [-0.1, -0.05) is 133 Å². The van der Waals surface area contributed by atoms with Crippen LogP contribution < -0.4 is 0 Å². The zero-order chi connectivity index (χ0) is 32.5. The van der Waals surface area contributed by atoms with Gasteiger partial charge in [-0.25, -0.2) is 0 Å². The summed E-state index contributed by atoms with van der Waals surface area (Å²) in [5, 5.41) is 13.1. The molecular weight excluding hydrogens is 601 g/mol. The maximum Gasteiger partial charge on any atom is -0.00264 e. The molecule has 0 spiro atoms. The van der Waals surface area contributed by atoms with Crippen molar-refractivity contribution in [2.24, 2.45) is 0 Å². The van der Waals surface area contributed by atoms with Crippen LogP contribution in [0, 0.1) is 0 Å². The molecule has 228 valence electrons. The minimum absolute atomic E-state index is 1.24. The van der Waals surface area contributed by atoms with Gasteiger partial charge in [0.15, 0.2) is 0 Å². The molecule has 0 aromatic heterocycles. The molecule has 12 rings (SSSR count). The zero-order valence-corrected chi connectivity index (χ0v) is 27.2. The predicted octanol–water partition coefficient (Wildman–Crippen LogP) is 14.1. The van der Waals surface area contributed by atoms with E-state index < -0.39 is 0 Å². The largest absolute Gasteiger partial charge is 0.0622 e. The summed E-state index contributed by atoms with van der Waals surface area (Å²) in [6.07, 6.45) is 0. The van der Waals surface area contributed by atoms with Crippen molar-refractivity contribution in [2.45, 2.75) is 0 Å². The molecule has 10 aromatic rings. The summed E-state index contributed by atoms with van der Waals surface area (Å²) in [6.45, 7) is 0. The number of fused-ring (bicyclic) bond motifs is 11. The van der Waals surface area contributed by atoms with Gasteiger partial charge >= 0.3 is 0 Å². The molecule has 0 heteroatoms. The van der Waals surface area contributed by atoms with Crippen molar-refractivity contribution in [3.63, 3.8) is 0 Å². The molecule has 0 heterocycles. The first-order chi connectivity index (χ1) is 24.8. The lowest BCUT2D eigenvalue weighted by molar-refractivity contribution is 1.65. The minimum atomic E-state index is 1.24. The van der Waals surface area contributed by atoms with Gasteiger partial charge in [0.2, 0.25) is 0 Å². The Kier molecular flexibility index (Phi) is 5.06. The van der Waals surface area contributed by atoms with Crippen molar-refractivity contribution in [1.82, 2.24) is 0 Å². The molecule has 0 amide bonds. The molecule has 0 fully saturated rings. The van der Waals surface area contributed by atoms with Crippen LogP contribution in [0.15, 0.2) is 170 Å². The van der Waals surface area contributed by atoms with Gasteiger partial charge in [-0.05, 0) is 157 Å². The molecule has 0 radical (unpaired) electrons. The third kappa shape index (κ3) is 3.40. The summed E-state index contributed by atoms with van der Waals surface area (Å²) in [7, 11) is 0. The number of hydrogen-bond acceptors (Lipinski definition) is 0. The Morgan fingerprint density at radius 2 is 0.500 bits per heavy atom. The highest BCUT2D eigenvalue weighted by Gasteiger charge is 2.26. The van der Waals surface area contributed by atoms with Crippen LogP contribution in [0.1, 0.15) is 0 Å².